The molecule has 4 nitrogen and oxygen atoms in total. The van der Waals surface area contributed by atoms with Crippen molar-refractivity contribution in [1.29, 1.82) is 0 Å². The Bertz CT molecular complexity index is 339. The lowest BCUT2D eigenvalue weighted by molar-refractivity contribution is 0.118. The highest BCUT2D eigenvalue weighted by molar-refractivity contribution is 7.15. The number of nitrogens with two attached hydrogens (primary N) is 1. The van der Waals surface area contributed by atoms with Crippen LogP contribution in [0, 0.1) is 0 Å². The molecule has 1 unspecified atom stereocenters. The van der Waals surface area contributed by atoms with E-state index in [4.69, 9.17) is 5.73 Å². The fraction of sp³-hybridized carbons (Fsp3) is 0.700. The summed E-state index contributed by atoms with van der Waals surface area (Å²) in [5, 5.41) is 14.0. The number of hydrogen-bond donors (Lipinski definition) is 3. The second-order valence-corrected chi connectivity index (χ2v) is 4.97. The van der Waals surface area contributed by atoms with E-state index in [1.807, 2.05) is 0 Å². The van der Waals surface area contributed by atoms with E-state index in [0.717, 1.165) is 36.4 Å². The second-order valence-electron chi connectivity index (χ2n) is 3.91. The minimum Gasteiger partial charge on any atom is -0.386 e. The molecule has 1 aromatic rings. The summed E-state index contributed by atoms with van der Waals surface area (Å²) in [7, 11) is 0. The van der Waals surface area contributed by atoms with Crippen molar-refractivity contribution in [2.75, 3.05) is 12.3 Å². The molecule has 1 heterocycles. The van der Waals surface area contributed by atoms with E-state index in [0.29, 0.717) is 5.13 Å². The maximum atomic E-state index is 10.1. The van der Waals surface area contributed by atoms with E-state index in [1.165, 1.54) is 11.3 Å². The summed E-state index contributed by atoms with van der Waals surface area (Å²) >= 11 is 1.41. The topological polar surface area (TPSA) is 71.2 Å². The Kier molecular flexibility index (Phi) is 3.23. The van der Waals surface area contributed by atoms with Gasteiger partial charge >= 0.3 is 0 Å². The Morgan fingerprint density at radius 1 is 1.67 bits per heavy atom. The molecule has 2 atom stereocenters. The molecule has 0 fully saturated rings. The highest BCUT2D eigenvalue weighted by Crippen LogP contribution is 2.35. The van der Waals surface area contributed by atoms with Crippen LogP contribution in [0.1, 0.15) is 36.4 Å². The first kappa shape index (κ1) is 10.9. The van der Waals surface area contributed by atoms with Gasteiger partial charge in [-0.05, 0) is 25.8 Å². The van der Waals surface area contributed by atoms with Crippen molar-refractivity contribution in [2.45, 2.75) is 38.3 Å². The first-order chi connectivity index (χ1) is 7.22. The van der Waals surface area contributed by atoms with Crippen LogP contribution >= 0.6 is 11.3 Å². The summed E-state index contributed by atoms with van der Waals surface area (Å²) in [5.74, 6) is 0. The number of hydrogen-bond acceptors (Lipinski definition) is 5. The van der Waals surface area contributed by atoms with Gasteiger partial charge in [-0.2, -0.15) is 0 Å². The van der Waals surface area contributed by atoms with E-state index >= 15 is 0 Å². The molecule has 0 radical (unpaired) electrons. The molecule has 2 rings (SSSR count). The van der Waals surface area contributed by atoms with E-state index < -0.39 is 6.10 Å². The fourth-order valence-electron chi connectivity index (χ4n) is 1.97. The monoisotopic (exact) mass is 227 g/mol. The third kappa shape index (κ3) is 2.14. The van der Waals surface area contributed by atoms with Gasteiger partial charge in [-0.3, -0.25) is 0 Å². The van der Waals surface area contributed by atoms with Crippen molar-refractivity contribution in [3.63, 3.8) is 0 Å². The number of aliphatic hydroxyl groups excluding tert-OH is 1. The summed E-state index contributed by atoms with van der Waals surface area (Å²) < 4.78 is 0. The Balaban J connectivity index is 2.11. The number of aryl methyl sites for hydroxylation is 1. The van der Waals surface area contributed by atoms with Crippen molar-refractivity contribution < 1.29 is 5.11 Å². The van der Waals surface area contributed by atoms with Crippen LogP contribution in [0.25, 0.3) is 0 Å². The molecule has 15 heavy (non-hydrogen) atoms. The first-order valence-electron chi connectivity index (χ1n) is 5.39. The molecular formula is C10H17N3OS. The van der Waals surface area contributed by atoms with Crippen LogP contribution < -0.4 is 11.1 Å². The number of aromatic nitrogens is 1. The molecule has 0 aromatic carbocycles. The van der Waals surface area contributed by atoms with Gasteiger partial charge in [0.15, 0.2) is 5.13 Å². The number of nitrogen functional groups attached to an aromatic ring is 1. The molecule has 0 aliphatic heterocycles. The van der Waals surface area contributed by atoms with Gasteiger partial charge in [0.25, 0.3) is 0 Å². The number of rotatable bonds is 3. The Hall–Kier alpha value is -0.650. The third-order valence-corrected chi connectivity index (χ3v) is 3.74. The van der Waals surface area contributed by atoms with E-state index in [1.54, 1.807) is 0 Å². The maximum Gasteiger partial charge on any atom is 0.180 e. The summed E-state index contributed by atoms with van der Waals surface area (Å²) in [6.45, 7) is 3.07. The van der Waals surface area contributed by atoms with Crippen LogP contribution in [0.5, 0.6) is 0 Å². The quantitative estimate of drug-likeness (QED) is 0.722. The molecule has 1 aliphatic rings. The van der Waals surface area contributed by atoms with Crippen LogP contribution in [0.15, 0.2) is 0 Å². The summed E-state index contributed by atoms with van der Waals surface area (Å²) in [4.78, 5) is 5.18. The number of thiazole rings is 1. The highest BCUT2D eigenvalue weighted by atomic mass is 32.1. The Morgan fingerprint density at radius 2 is 2.47 bits per heavy atom. The number of nitrogens with one attached hydrogen (secondary N) is 1. The molecule has 4 N–H and O–H groups in total. The SMILES string of the molecule is CCCN[C@@H]1CCc2nc(N)sc2C1O. The van der Waals surface area contributed by atoms with Crippen molar-refractivity contribution in [3.05, 3.63) is 10.6 Å². The predicted octanol–water partition coefficient (Wildman–Crippen LogP) is 1.07. The second kappa shape index (κ2) is 4.47. The number of nitrogens with zero attached hydrogens (tertiary/aromatic N) is 1. The van der Waals surface area contributed by atoms with Gasteiger partial charge in [0.1, 0.15) is 6.10 Å². The molecule has 1 aliphatic carbocycles. The molecule has 0 bridgehead atoms. The molecule has 5 heteroatoms. The largest absolute Gasteiger partial charge is 0.386 e. The lowest BCUT2D eigenvalue weighted by atomic mass is 9.95. The van der Waals surface area contributed by atoms with Crippen molar-refractivity contribution >= 4 is 16.5 Å². The van der Waals surface area contributed by atoms with Gasteiger partial charge in [-0.1, -0.05) is 18.3 Å². The molecular weight excluding hydrogens is 210 g/mol. The summed E-state index contributed by atoms with van der Waals surface area (Å²) in [6.07, 6.45) is 2.51. The van der Waals surface area contributed by atoms with Crippen LogP contribution in [0.2, 0.25) is 0 Å². The average molecular weight is 227 g/mol. The van der Waals surface area contributed by atoms with Crippen molar-refractivity contribution in [2.24, 2.45) is 0 Å². The standard InChI is InChI=1S/C10H17N3OS/c1-2-5-12-6-3-4-7-9(8(6)14)15-10(11)13-7/h6,8,12,14H,2-5H2,1H3,(H2,11,13)/t6-,8?/m1/s1. The zero-order chi connectivity index (χ0) is 10.8. The van der Waals surface area contributed by atoms with Gasteiger partial charge < -0.3 is 16.2 Å². The normalized spacial score (nSPS) is 25.2. The molecule has 84 valence electrons. The minimum atomic E-state index is -0.435. The maximum absolute atomic E-state index is 10.1. The third-order valence-electron chi connectivity index (χ3n) is 2.74. The molecule has 1 aromatic heterocycles. The van der Waals surface area contributed by atoms with E-state index in [-0.39, 0.29) is 6.04 Å². The Labute approximate surface area is 93.5 Å². The van der Waals surface area contributed by atoms with Gasteiger partial charge in [-0.25, -0.2) is 4.98 Å². The molecule has 0 saturated heterocycles. The van der Waals surface area contributed by atoms with Gasteiger partial charge in [0.2, 0.25) is 0 Å². The highest BCUT2D eigenvalue weighted by Gasteiger charge is 2.30. The van der Waals surface area contributed by atoms with Gasteiger partial charge in [0.05, 0.1) is 10.6 Å². The molecule has 0 amide bonds. The average Bonchev–Trinajstić information content (AvgIpc) is 2.59. The summed E-state index contributed by atoms with van der Waals surface area (Å²) in [6, 6.07) is 0.164. The Morgan fingerprint density at radius 3 is 3.20 bits per heavy atom. The van der Waals surface area contributed by atoms with Crippen LogP contribution in [-0.2, 0) is 6.42 Å². The molecule has 0 spiro atoms. The van der Waals surface area contributed by atoms with Crippen LogP contribution in [0.3, 0.4) is 0 Å². The lowest BCUT2D eigenvalue weighted by Gasteiger charge is -2.27. The number of anilines is 1. The smallest absolute Gasteiger partial charge is 0.180 e. The van der Waals surface area contributed by atoms with Gasteiger partial charge in [-0.15, -0.1) is 0 Å². The fourth-order valence-corrected chi connectivity index (χ4v) is 2.90. The number of aliphatic hydroxyl groups is 1. The lowest BCUT2D eigenvalue weighted by Crippen LogP contribution is -2.38. The van der Waals surface area contributed by atoms with E-state index in [9.17, 15) is 5.11 Å². The minimum absolute atomic E-state index is 0.164. The van der Waals surface area contributed by atoms with Crippen molar-refractivity contribution in [1.82, 2.24) is 10.3 Å². The van der Waals surface area contributed by atoms with Crippen LogP contribution in [0.4, 0.5) is 5.13 Å². The van der Waals surface area contributed by atoms with Gasteiger partial charge in [0, 0.05) is 6.04 Å². The van der Waals surface area contributed by atoms with E-state index in [2.05, 4.69) is 17.2 Å². The molecule has 0 saturated carbocycles. The van der Waals surface area contributed by atoms with Crippen LogP contribution in [-0.4, -0.2) is 22.7 Å². The zero-order valence-electron chi connectivity index (χ0n) is 8.86. The summed E-state index contributed by atoms with van der Waals surface area (Å²) in [5.41, 5.74) is 6.63. The predicted molar refractivity (Wildman–Crippen MR) is 61.9 cm³/mol. The first-order valence-corrected chi connectivity index (χ1v) is 6.20. The number of fused-ring (bicyclic) bond motifs is 1. The zero-order valence-corrected chi connectivity index (χ0v) is 9.68. The van der Waals surface area contributed by atoms with Crippen molar-refractivity contribution in [3.8, 4) is 0 Å².